The molecule has 142 valence electrons. The zero-order chi connectivity index (χ0) is 20.2. The van der Waals surface area contributed by atoms with Gasteiger partial charge in [0.15, 0.2) is 0 Å². The van der Waals surface area contributed by atoms with Crippen LogP contribution in [0.15, 0.2) is 42.5 Å². The summed E-state index contributed by atoms with van der Waals surface area (Å²) in [6.45, 7) is 5.20. The SMILES string of the molecule is COC(=O)C(=N)c1ccc(-c2ccc(O)cc2)cc1NC(=O)OC(C)(C)C. The average molecular weight is 370 g/mol. The molecule has 0 spiro atoms. The van der Waals surface area contributed by atoms with Gasteiger partial charge >= 0.3 is 12.1 Å². The van der Waals surface area contributed by atoms with Crippen LogP contribution in [0.4, 0.5) is 10.5 Å². The van der Waals surface area contributed by atoms with Gasteiger partial charge in [-0.15, -0.1) is 0 Å². The van der Waals surface area contributed by atoms with E-state index in [2.05, 4.69) is 10.1 Å². The molecular formula is C20H22N2O5. The number of phenols is 1. The van der Waals surface area contributed by atoms with Crippen LogP contribution < -0.4 is 5.32 Å². The Morgan fingerprint density at radius 3 is 2.19 bits per heavy atom. The van der Waals surface area contributed by atoms with Crippen molar-refractivity contribution in [2.45, 2.75) is 26.4 Å². The lowest BCUT2D eigenvalue weighted by atomic mass is 10.00. The highest BCUT2D eigenvalue weighted by Crippen LogP contribution is 2.28. The normalized spacial score (nSPS) is 10.8. The number of anilines is 1. The molecule has 0 heterocycles. The van der Waals surface area contributed by atoms with Crippen LogP contribution >= 0.6 is 0 Å². The minimum atomic E-state index is -0.820. The first kappa shape index (κ1) is 20.0. The van der Waals surface area contributed by atoms with Crippen LogP contribution in [-0.4, -0.2) is 35.6 Å². The summed E-state index contributed by atoms with van der Waals surface area (Å²) in [5.41, 5.74) is 0.870. The van der Waals surface area contributed by atoms with Crippen molar-refractivity contribution in [2.24, 2.45) is 0 Å². The second-order valence-electron chi connectivity index (χ2n) is 6.80. The summed E-state index contributed by atoms with van der Waals surface area (Å²) < 4.78 is 9.85. The Morgan fingerprint density at radius 1 is 1.04 bits per heavy atom. The fraction of sp³-hybridized carbons (Fsp3) is 0.250. The number of ether oxygens (including phenoxy) is 2. The molecule has 0 aromatic heterocycles. The number of carbonyl (C=O) groups excluding carboxylic acids is 2. The molecule has 0 aliphatic heterocycles. The summed E-state index contributed by atoms with van der Waals surface area (Å²) in [5.74, 6) is -0.686. The highest BCUT2D eigenvalue weighted by molar-refractivity contribution is 6.43. The van der Waals surface area contributed by atoms with Crippen LogP contribution in [0.1, 0.15) is 26.3 Å². The molecule has 0 unspecified atom stereocenters. The lowest BCUT2D eigenvalue weighted by Gasteiger charge is -2.21. The predicted molar refractivity (Wildman–Crippen MR) is 102 cm³/mol. The van der Waals surface area contributed by atoms with Gasteiger partial charge in [0.2, 0.25) is 0 Å². The fourth-order valence-electron chi connectivity index (χ4n) is 2.32. The van der Waals surface area contributed by atoms with Crippen molar-refractivity contribution >= 4 is 23.5 Å². The maximum Gasteiger partial charge on any atom is 0.412 e. The lowest BCUT2D eigenvalue weighted by molar-refractivity contribution is -0.132. The molecule has 0 bridgehead atoms. The van der Waals surface area contributed by atoms with Gasteiger partial charge in [-0.25, -0.2) is 9.59 Å². The molecule has 0 fully saturated rings. The summed E-state index contributed by atoms with van der Waals surface area (Å²) in [5, 5.41) is 20.0. The number of hydrogen-bond donors (Lipinski definition) is 3. The first-order valence-corrected chi connectivity index (χ1v) is 8.21. The van der Waals surface area contributed by atoms with Crippen LogP contribution in [0.5, 0.6) is 5.75 Å². The smallest absolute Gasteiger partial charge is 0.412 e. The molecule has 0 saturated heterocycles. The first-order chi connectivity index (χ1) is 12.6. The number of methoxy groups -OCH3 is 1. The van der Waals surface area contributed by atoms with E-state index in [4.69, 9.17) is 10.1 Å². The number of phenolic OH excluding ortho intramolecular Hbond substituents is 1. The minimum absolute atomic E-state index is 0.134. The van der Waals surface area contributed by atoms with E-state index in [1.165, 1.54) is 7.11 Å². The van der Waals surface area contributed by atoms with Gasteiger partial charge in [0, 0.05) is 5.56 Å². The predicted octanol–water partition coefficient (Wildman–Crippen LogP) is 3.95. The molecule has 2 aromatic rings. The van der Waals surface area contributed by atoms with Crippen molar-refractivity contribution in [3.8, 4) is 16.9 Å². The monoisotopic (exact) mass is 370 g/mol. The van der Waals surface area contributed by atoms with E-state index >= 15 is 0 Å². The van der Waals surface area contributed by atoms with Crippen molar-refractivity contribution in [2.75, 3.05) is 12.4 Å². The van der Waals surface area contributed by atoms with Gasteiger partial charge in [0.05, 0.1) is 12.8 Å². The number of nitrogens with one attached hydrogen (secondary N) is 2. The molecule has 7 nitrogen and oxygen atoms in total. The van der Waals surface area contributed by atoms with Gasteiger partial charge in [-0.3, -0.25) is 10.7 Å². The largest absolute Gasteiger partial charge is 0.508 e. The molecule has 3 N–H and O–H groups in total. The third-order valence-electron chi connectivity index (χ3n) is 3.51. The van der Waals surface area contributed by atoms with Crippen LogP contribution in [0, 0.1) is 5.41 Å². The third-order valence-corrected chi connectivity index (χ3v) is 3.51. The maximum atomic E-state index is 12.2. The average Bonchev–Trinajstić information content (AvgIpc) is 2.59. The second kappa shape index (κ2) is 7.90. The van der Waals surface area contributed by atoms with Crippen molar-refractivity contribution < 1.29 is 24.2 Å². The molecule has 2 aromatic carbocycles. The van der Waals surface area contributed by atoms with Gasteiger partial charge in [-0.05, 0) is 56.2 Å². The quantitative estimate of drug-likeness (QED) is 0.558. The van der Waals surface area contributed by atoms with Gasteiger partial charge in [0.25, 0.3) is 0 Å². The van der Waals surface area contributed by atoms with E-state index in [1.54, 1.807) is 63.2 Å². The van der Waals surface area contributed by atoms with Gasteiger partial charge in [-0.2, -0.15) is 0 Å². The topological polar surface area (TPSA) is 109 Å². The fourth-order valence-corrected chi connectivity index (χ4v) is 2.32. The molecule has 1 amide bonds. The zero-order valence-electron chi connectivity index (χ0n) is 15.6. The van der Waals surface area contributed by atoms with Gasteiger partial charge in [0.1, 0.15) is 17.1 Å². The number of hydrogen-bond acceptors (Lipinski definition) is 6. The Hall–Kier alpha value is -3.35. The van der Waals surface area contributed by atoms with Crippen molar-refractivity contribution in [3.63, 3.8) is 0 Å². The Labute approximate surface area is 157 Å². The highest BCUT2D eigenvalue weighted by Gasteiger charge is 2.21. The number of rotatable bonds is 4. The van der Waals surface area contributed by atoms with E-state index < -0.39 is 17.7 Å². The van der Waals surface area contributed by atoms with Crippen LogP contribution in [0.2, 0.25) is 0 Å². The molecular weight excluding hydrogens is 348 g/mol. The van der Waals surface area contributed by atoms with Crippen molar-refractivity contribution in [1.29, 1.82) is 5.41 Å². The molecule has 0 aliphatic rings. The third kappa shape index (κ3) is 5.31. The molecule has 0 aliphatic carbocycles. The van der Waals surface area contributed by atoms with E-state index in [0.29, 0.717) is 0 Å². The van der Waals surface area contributed by atoms with Crippen molar-refractivity contribution in [3.05, 3.63) is 48.0 Å². The van der Waals surface area contributed by atoms with E-state index in [0.717, 1.165) is 11.1 Å². The number of benzene rings is 2. The van der Waals surface area contributed by atoms with E-state index in [-0.39, 0.29) is 22.7 Å². The molecule has 0 radical (unpaired) electrons. The number of esters is 1. The van der Waals surface area contributed by atoms with Crippen LogP contribution in [-0.2, 0) is 14.3 Å². The summed E-state index contributed by atoms with van der Waals surface area (Å²) >= 11 is 0. The van der Waals surface area contributed by atoms with E-state index in [9.17, 15) is 14.7 Å². The Morgan fingerprint density at radius 2 is 1.63 bits per heavy atom. The van der Waals surface area contributed by atoms with Crippen LogP contribution in [0.3, 0.4) is 0 Å². The van der Waals surface area contributed by atoms with Gasteiger partial charge in [-0.1, -0.05) is 18.2 Å². The lowest BCUT2D eigenvalue weighted by Crippen LogP contribution is -2.28. The molecule has 0 atom stereocenters. The molecule has 27 heavy (non-hydrogen) atoms. The molecule has 7 heteroatoms. The minimum Gasteiger partial charge on any atom is -0.508 e. The zero-order valence-corrected chi connectivity index (χ0v) is 15.6. The van der Waals surface area contributed by atoms with E-state index in [1.807, 2.05) is 0 Å². The summed E-state index contributed by atoms with van der Waals surface area (Å²) in [4.78, 5) is 23.9. The number of aromatic hydroxyl groups is 1. The Bertz CT molecular complexity index is 867. The second-order valence-corrected chi connectivity index (χ2v) is 6.80. The first-order valence-electron chi connectivity index (χ1n) is 8.21. The van der Waals surface area contributed by atoms with Gasteiger partial charge < -0.3 is 14.6 Å². The number of amides is 1. The molecule has 2 rings (SSSR count). The van der Waals surface area contributed by atoms with Crippen LogP contribution in [0.25, 0.3) is 11.1 Å². The van der Waals surface area contributed by atoms with Crippen molar-refractivity contribution in [1.82, 2.24) is 0 Å². The standard InChI is InChI=1S/C20H22N2O5/c1-20(2,3)27-19(25)22-16-11-13(12-5-8-14(23)9-6-12)7-10-15(16)17(21)18(24)26-4/h5-11,21,23H,1-4H3,(H,22,25). The maximum absolute atomic E-state index is 12.2. The highest BCUT2D eigenvalue weighted by atomic mass is 16.6. The Kier molecular flexibility index (Phi) is 5.85. The Balaban J connectivity index is 2.45. The number of carbonyl (C=O) groups is 2. The summed E-state index contributed by atoms with van der Waals surface area (Å²) in [7, 11) is 1.18. The summed E-state index contributed by atoms with van der Waals surface area (Å²) in [6.07, 6.45) is -0.704. The summed E-state index contributed by atoms with van der Waals surface area (Å²) in [6, 6.07) is 11.4. The molecule has 0 saturated carbocycles.